The van der Waals surface area contributed by atoms with E-state index in [9.17, 15) is 13.2 Å². The van der Waals surface area contributed by atoms with Crippen molar-refractivity contribution in [3.63, 3.8) is 0 Å². The maximum absolute atomic E-state index is 12.4. The molecule has 1 aromatic carbocycles. The first-order valence-corrected chi connectivity index (χ1v) is 6.74. The quantitative estimate of drug-likeness (QED) is 0.816. The van der Waals surface area contributed by atoms with Crippen molar-refractivity contribution < 1.29 is 13.2 Å². The third-order valence-electron chi connectivity index (χ3n) is 3.41. The molecule has 4 heteroatoms. The minimum atomic E-state index is -4.25. The number of benzene rings is 1. The highest BCUT2D eigenvalue weighted by Gasteiger charge is 2.29. The van der Waals surface area contributed by atoms with E-state index in [-0.39, 0.29) is 0 Å². The predicted octanol–water partition coefficient (Wildman–Crippen LogP) is 4.27. The first-order valence-electron chi connectivity index (χ1n) is 6.74. The molecule has 0 aliphatic heterocycles. The Labute approximate surface area is 113 Å². The van der Waals surface area contributed by atoms with E-state index in [1.165, 1.54) is 0 Å². The second kappa shape index (κ2) is 6.94. The van der Waals surface area contributed by atoms with Crippen molar-refractivity contribution in [2.24, 2.45) is 5.92 Å². The van der Waals surface area contributed by atoms with Crippen LogP contribution in [-0.4, -0.2) is 12.6 Å². The maximum Gasteiger partial charge on any atom is 0.416 e. The van der Waals surface area contributed by atoms with E-state index in [0.29, 0.717) is 12.0 Å². The molecule has 108 valence electrons. The summed E-state index contributed by atoms with van der Waals surface area (Å²) < 4.78 is 37.3. The largest absolute Gasteiger partial charge is 0.416 e. The van der Waals surface area contributed by atoms with Crippen molar-refractivity contribution in [1.82, 2.24) is 5.32 Å². The summed E-state index contributed by atoms with van der Waals surface area (Å²) in [6.07, 6.45) is -2.38. The fraction of sp³-hybridized carbons (Fsp3) is 0.600. The molecule has 0 heterocycles. The van der Waals surface area contributed by atoms with Crippen molar-refractivity contribution in [2.75, 3.05) is 6.54 Å². The van der Waals surface area contributed by atoms with E-state index in [4.69, 9.17) is 0 Å². The zero-order valence-electron chi connectivity index (χ0n) is 11.7. The molecular formula is C15H22F3N. The Morgan fingerprint density at radius 1 is 1.11 bits per heavy atom. The van der Waals surface area contributed by atoms with Crippen LogP contribution in [-0.2, 0) is 12.6 Å². The van der Waals surface area contributed by atoms with Gasteiger partial charge in [-0.1, -0.05) is 26.0 Å². The fourth-order valence-electron chi connectivity index (χ4n) is 1.95. The SMILES string of the molecule is CCCNC(C)C(C)Cc1ccc(C(F)(F)F)cc1. The summed E-state index contributed by atoms with van der Waals surface area (Å²) in [5.41, 5.74) is 0.367. The van der Waals surface area contributed by atoms with Crippen molar-refractivity contribution in [3.05, 3.63) is 35.4 Å². The third-order valence-corrected chi connectivity index (χ3v) is 3.41. The van der Waals surface area contributed by atoms with Gasteiger partial charge in [0.25, 0.3) is 0 Å². The van der Waals surface area contributed by atoms with Crippen molar-refractivity contribution in [3.8, 4) is 0 Å². The molecule has 2 atom stereocenters. The normalized spacial score (nSPS) is 15.3. The lowest BCUT2D eigenvalue weighted by molar-refractivity contribution is -0.137. The molecule has 19 heavy (non-hydrogen) atoms. The number of rotatable bonds is 6. The number of hydrogen-bond acceptors (Lipinski definition) is 1. The van der Waals surface area contributed by atoms with Crippen LogP contribution in [0, 0.1) is 5.92 Å². The van der Waals surface area contributed by atoms with Crippen LogP contribution in [0.2, 0.25) is 0 Å². The summed E-state index contributed by atoms with van der Waals surface area (Å²) in [5.74, 6) is 0.392. The van der Waals surface area contributed by atoms with Crippen LogP contribution < -0.4 is 5.32 Å². The van der Waals surface area contributed by atoms with Gasteiger partial charge in [-0.2, -0.15) is 13.2 Å². The summed E-state index contributed by atoms with van der Waals surface area (Å²) in [6, 6.07) is 5.83. The van der Waals surface area contributed by atoms with Crippen molar-refractivity contribution >= 4 is 0 Å². The molecule has 1 rings (SSSR count). The van der Waals surface area contributed by atoms with Gasteiger partial charge in [0.1, 0.15) is 0 Å². The molecule has 0 saturated carbocycles. The van der Waals surface area contributed by atoms with E-state index in [0.717, 1.165) is 37.1 Å². The third kappa shape index (κ3) is 5.23. The molecule has 0 radical (unpaired) electrons. The predicted molar refractivity (Wildman–Crippen MR) is 72.1 cm³/mol. The van der Waals surface area contributed by atoms with Crippen LogP contribution in [0.25, 0.3) is 0 Å². The van der Waals surface area contributed by atoms with Gasteiger partial charge >= 0.3 is 6.18 Å². The Bertz CT molecular complexity index is 370. The highest BCUT2D eigenvalue weighted by atomic mass is 19.4. The molecule has 0 aliphatic rings. The average Bonchev–Trinajstić information content (AvgIpc) is 2.35. The number of halogens is 3. The lowest BCUT2D eigenvalue weighted by atomic mass is 9.94. The molecule has 0 spiro atoms. The van der Waals surface area contributed by atoms with Gasteiger partial charge in [-0.3, -0.25) is 0 Å². The Hall–Kier alpha value is -1.03. The van der Waals surface area contributed by atoms with E-state index >= 15 is 0 Å². The molecule has 1 aromatic rings. The summed E-state index contributed by atoms with van der Waals surface area (Å²) in [7, 11) is 0. The van der Waals surface area contributed by atoms with Gasteiger partial charge < -0.3 is 5.32 Å². The first-order chi connectivity index (χ1) is 8.84. The van der Waals surface area contributed by atoms with Crippen molar-refractivity contribution in [1.29, 1.82) is 0 Å². The van der Waals surface area contributed by atoms with E-state index in [1.54, 1.807) is 12.1 Å². The molecule has 1 nitrogen and oxygen atoms in total. The van der Waals surface area contributed by atoms with E-state index in [1.807, 2.05) is 0 Å². The average molecular weight is 273 g/mol. The summed E-state index contributed by atoms with van der Waals surface area (Å²) >= 11 is 0. The molecule has 0 aromatic heterocycles. The van der Waals surface area contributed by atoms with Crippen LogP contribution in [0.3, 0.4) is 0 Å². The number of hydrogen-bond donors (Lipinski definition) is 1. The van der Waals surface area contributed by atoms with Gasteiger partial charge in [-0.05, 0) is 49.9 Å². The Morgan fingerprint density at radius 3 is 2.16 bits per heavy atom. The minimum absolute atomic E-state index is 0.363. The van der Waals surface area contributed by atoms with E-state index < -0.39 is 11.7 Å². The van der Waals surface area contributed by atoms with Crippen LogP contribution >= 0.6 is 0 Å². The molecule has 2 unspecified atom stereocenters. The summed E-state index contributed by atoms with van der Waals surface area (Å²) in [5, 5.41) is 3.41. The Morgan fingerprint density at radius 2 is 1.68 bits per heavy atom. The molecule has 0 bridgehead atoms. The Balaban J connectivity index is 2.58. The first kappa shape index (κ1) is 16.0. The topological polar surface area (TPSA) is 12.0 Å². The lowest BCUT2D eigenvalue weighted by Crippen LogP contribution is -2.33. The minimum Gasteiger partial charge on any atom is -0.314 e. The fourth-order valence-corrected chi connectivity index (χ4v) is 1.95. The monoisotopic (exact) mass is 273 g/mol. The number of alkyl halides is 3. The lowest BCUT2D eigenvalue weighted by Gasteiger charge is -2.21. The summed E-state index contributed by atoms with van der Waals surface area (Å²) in [6.45, 7) is 7.31. The zero-order chi connectivity index (χ0) is 14.5. The van der Waals surface area contributed by atoms with Gasteiger partial charge in [-0.15, -0.1) is 0 Å². The van der Waals surface area contributed by atoms with Crippen LogP contribution in [0.1, 0.15) is 38.3 Å². The Kier molecular flexibility index (Phi) is 5.85. The molecule has 0 aliphatic carbocycles. The second-order valence-electron chi connectivity index (χ2n) is 5.12. The highest BCUT2D eigenvalue weighted by molar-refractivity contribution is 5.25. The van der Waals surface area contributed by atoms with Gasteiger partial charge in [0, 0.05) is 6.04 Å². The standard InChI is InChI=1S/C15H22F3N/c1-4-9-19-12(3)11(2)10-13-5-7-14(8-6-13)15(16,17)18/h5-8,11-12,19H,4,9-10H2,1-3H3. The van der Waals surface area contributed by atoms with Gasteiger partial charge in [0.2, 0.25) is 0 Å². The molecule has 0 fully saturated rings. The molecule has 1 N–H and O–H groups in total. The van der Waals surface area contributed by atoms with Crippen LogP contribution in [0.15, 0.2) is 24.3 Å². The maximum atomic E-state index is 12.4. The summed E-state index contributed by atoms with van der Waals surface area (Å²) in [4.78, 5) is 0. The molecule has 0 amide bonds. The van der Waals surface area contributed by atoms with E-state index in [2.05, 4.69) is 26.1 Å². The number of nitrogens with one attached hydrogen (secondary N) is 1. The smallest absolute Gasteiger partial charge is 0.314 e. The van der Waals surface area contributed by atoms with Crippen LogP contribution in [0.5, 0.6) is 0 Å². The highest BCUT2D eigenvalue weighted by Crippen LogP contribution is 2.29. The molecule has 0 saturated heterocycles. The zero-order valence-corrected chi connectivity index (χ0v) is 11.7. The van der Waals surface area contributed by atoms with Gasteiger partial charge in [0.15, 0.2) is 0 Å². The van der Waals surface area contributed by atoms with Gasteiger partial charge in [-0.25, -0.2) is 0 Å². The molecular weight excluding hydrogens is 251 g/mol. The van der Waals surface area contributed by atoms with Crippen molar-refractivity contribution in [2.45, 2.75) is 45.8 Å². The van der Waals surface area contributed by atoms with Gasteiger partial charge in [0.05, 0.1) is 5.56 Å². The van der Waals surface area contributed by atoms with Crippen LogP contribution in [0.4, 0.5) is 13.2 Å². The second-order valence-corrected chi connectivity index (χ2v) is 5.12.